The van der Waals surface area contributed by atoms with Crippen LogP contribution in [0.3, 0.4) is 0 Å². The molecular weight excluding hydrogens is 424 g/mol. The van der Waals surface area contributed by atoms with Crippen molar-refractivity contribution in [2.45, 2.75) is 33.7 Å². The van der Waals surface area contributed by atoms with Crippen LogP contribution in [0.2, 0.25) is 0 Å². The predicted molar refractivity (Wildman–Crippen MR) is 136 cm³/mol. The molecule has 3 aromatic heterocycles. The van der Waals surface area contributed by atoms with E-state index in [-0.39, 0.29) is 5.91 Å². The molecule has 0 radical (unpaired) electrons. The van der Waals surface area contributed by atoms with Gasteiger partial charge in [0.15, 0.2) is 5.65 Å². The maximum atomic E-state index is 13.0. The maximum Gasteiger partial charge on any atom is 0.251 e. The molecule has 1 unspecified atom stereocenters. The van der Waals surface area contributed by atoms with Crippen molar-refractivity contribution in [1.29, 1.82) is 0 Å². The summed E-state index contributed by atoms with van der Waals surface area (Å²) in [6.45, 7) is 11.2. The Morgan fingerprint density at radius 1 is 1.06 bits per heavy atom. The van der Waals surface area contributed by atoms with Gasteiger partial charge in [-0.3, -0.25) is 14.7 Å². The van der Waals surface area contributed by atoms with E-state index in [0.717, 1.165) is 29.9 Å². The predicted octanol–water partition coefficient (Wildman–Crippen LogP) is 4.55. The molecule has 0 spiro atoms. The van der Waals surface area contributed by atoms with Gasteiger partial charge < -0.3 is 5.32 Å². The molecule has 176 valence electrons. The Bertz CT molecular complexity index is 1250. The van der Waals surface area contributed by atoms with Crippen LogP contribution in [0.4, 0.5) is 0 Å². The third kappa shape index (κ3) is 4.99. The van der Waals surface area contributed by atoms with Gasteiger partial charge in [-0.05, 0) is 37.2 Å². The normalized spacial score (nSPS) is 12.4. The van der Waals surface area contributed by atoms with Crippen LogP contribution in [0.15, 0.2) is 67.1 Å². The average Bonchev–Trinajstić information content (AvgIpc) is 3.30. The zero-order valence-corrected chi connectivity index (χ0v) is 20.3. The van der Waals surface area contributed by atoms with Gasteiger partial charge in [0.25, 0.3) is 5.91 Å². The minimum atomic E-state index is -0.101. The molecule has 7 nitrogen and oxygen atoms in total. The molecule has 1 N–H and O–H groups in total. The topological polar surface area (TPSA) is 75.4 Å². The SMILES string of the molecule is CCN(CC)C(CNC(=O)c1ccnc(-c2cnn3ccc(-c4ccccc4)nc23)c1)C(C)C. The highest BCUT2D eigenvalue weighted by Crippen LogP contribution is 2.25. The van der Waals surface area contributed by atoms with Gasteiger partial charge >= 0.3 is 0 Å². The van der Waals surface area contributed by atoms with Crippen molar-refractivity contribution in [3.8, 4) is 22.5 Å². The second-order valence-corrected chi connectivity index (χ2v) is 8.68. The fourth-order valence-electron chi connectivity index (χ4n) is 4.32. The quantitative estimate of drug-likeness (QED) is 0.400. The molecule has 0 aliphatic heterocycles. The van der Waals surface area contributed by atoms with E-state index in [1.54, 1.807) is 23.0 Å². The first-order chi connectivity index (χ1) is 16.5. The number of rotatable bonds is 9. The summed E-state index contributed by atoms with van der Waals surface area (Å²) < 4.78 is 1.73. The zero-order valence-electron chi connectivity index (χ0n) is 20.3. The van der Waals surface area contributed by atoms with Gasteiger partial charge in [0, 0.05) is 36.1 Å². The lowest BCUT2D eigenvalue weighted by atomic mass is 10.0. The summed E-state index contributed by atoms with van der Waals surface area (Å²) in [5.74, 6) is 0.340. The summed E-state index contributed by atoms with van der Waals surface area (Å²) in [7, 11) is 0. The van der Waals surface area contributed by atoms with Crippen molar-refractivity contribution < 1.29 is 4.79 Å². The van der Waals surface area contributed by atoms with Crippen LogP contribution in [0.5, 0.6) is 0 Å². The van der Waals surface area contributed by atoms with E-state index < -0.39 is 0 Å². The van der Waals surface area contributed by atoms with Crippen LogP contribution in [0.25, 0.3) is 28.2 Å². The molecule has 1 aromatic carbocycles. The van der Waals surface area contributed by atoms with Crippen molar-refractivity contribution in [3.05, 3.63) is 72.7 Å². The molecule has 1 atom stereocenters. The lowest BCUT2D eigenvalue weighted by molar-refractivity contribution is 0.0921. The molecule has 0 aliphatic carbocycles. The number of carbonyl (C=O) groups is 1. The summed E-state index contributed by atoms with van der Waals surface area (Å²) in [4.78, 5) is 24.7. The van der Waals surface area contributed by atoms with E-state index in [9.17, 15) is 4.79 Å². The fraction of sp³-hybridized carbons (Fsp3) is 0.333. The van der Waals surface area contributed by atoms with E-state index in [1.807, 2.05) is 48.7 Å². The van der Waals surface area contributed by atoms with Gasteiger partial charge in [0.2, 0.25) is 0 Å². The largest absolute Gasteiger partial charge is 0.350 e. The van der Waals surface area contributed by atoms with Crippen LogP contribution < -0.4 is 5.32 Å². The fourth-order valence-corrected chi connectivity index (χ4v) is 4.32. The van der Waals surface area contributed by atoms with Crippen molar-refractivity contribution in [1.82, 2.24) is 29.8 Å². The van der Waals surface area contributed by atoms with Crippen LogP contribution >= 0.6 is 0 Å². The summed E-state index contributed by atoms with van der Waals surface area (Å²) in [6, 6.07) is 15.8. The minimum Gasteiger partial charge on any atom is -0.350 e. The van der Waals surface area contributed by atoms with Gasteiger partial charge in [-0.25, -0.2) is 9.50 Å². The van der Waals surface area contributed by atoms with Crippen molar-refractivity contribution >= 4 is 11.6 Å². The van der Waals surface area contributed by atoms with Gasteiger partial charge in [-0.2, -0.15) is 5.10 Å². The summed E-state index contributed by atoms with van der Waals surface area (Å²) in [5, 5.41) is 7.55. The Labute approximate surface area is 200 Å². The molecule has 0 saturated heterocycles. The van der Waals surface area contributed by atoms with E-state index in [0.29, 0.717) is 35.4 Å². The number of hydrogen-bond acceptors (Lipinski definition) is 5. The second kappa shape index (κ2) is 10.6. The molecule has 4 aromatic rings. The Morgan fingerprint density at radius 2 is 1.82 bits per heavy atom. The van der Waals surface area contributed by atoms with Crippen molar-refractivity contribution in [3.63, 3.8) is 0 Å². The first kappa shape index (κ1) is 23.6. The number of carbonyl (C=O) groups excluding carboxylic acids is 1. The Kier molecular flexibility index (Phi) is 7.33. The van der Waals surface area contributed by atoms with Gasteiger partial charge in [0.1, 0.15) is 0 Å². The second-order valence-electron chi connectivity index (χ2n) is 8.68. The summed E-state index contributed by atoms with van der Waals surface area (Å²) >= 11 is 0. The molecule has 3 heterocycles. The summed E-state index contributed by atoms with van der Waals surface area (Å²) in [5.41, 5.74) is 4.63. The number of pyridine rings is 1. The molecule has 0 saturated carbocycles. The lowest BCUT2D eigenvalue weighted by Gasteiger charge is -2.32. The van der Waals surface area contributed by atoms with Crippen LogP contribution in [-0.2, 0) is 0 Å². The van der Waals surface area contributed by atoms with Gasteiger partial charge in [-0.15, -0.1) is 0 Å². The standard InChI is InChI=1S/C27H32N6O/c1-5-32(6-2)25(19(3)4)18-29-27(34)21-12-14-28-24(16-21)22-17-30-33-15-13-23(31-26(22)33)20-10-8-7-9-11-20/h7-17,19,25H,5-6,18H2,1-4H3,(H,29,34). The highest BCUT2D eigenvalue weighted by molar-refractivity contribution is 5.95. The first-order valence-electron chi connectivity index (χ1n) is 11.9. The molecular formula is C27H32N6O. The average molecular weight is 457 g/mol. The van der Waals surface area contributed by atoms with Crippen molar-refractivity contribution in [2.24, 2.45) is 5.92 Å². The Morgan fingerprint density at radius 3 is 2.53 bits per heavy atom. The zero-order chi connectivity index (χ0) is 24.1. The number of amides is 1. The molecule has 4 rings (SSSR count). The number of aromatic nitrogens is 4. The number of nitrogens with one attached hydrogen (secondary N) is 1. The van der Waals surface area contributed by atoms with Crippen LogP contribution in [-0.4, -0.2) is 56.1 Å². The van der Waals surface area contributed by atoms with Crippen molar-refractivity contribution in [2.75, 3.05) is 19.6 Å². The molecule has 0 bridgehead atoms. The molecule has 34 heavy (non-hydrogen) atoms. The lowest BCUT2D eigenvalue weighted by Crippen LogP contribution is -2.46. The number of hydrogen-bond donors (Lipinski definition) is 1. The van der Waals surface area contributed by atoms with Gasteiger partial charge in [-0.1, -0.05) is 58.0 Å². The third-order valence-electron chi connectivity index (χ3n) is 6.26. The highest BCUT2D eigenvalue weighted by Gasteiger charge is 2.21. The third-order valence-corrected chi connectivity index (χ3v) is 6.26. The summed E-state index contributed by atoms with van der Waals surface area (Å²) in [6.07, 6.45) is 5.30. The molecule has 7 heteroatoms. The van der Waals surface area contributed by atoms with E-state index in [4.69, 9.17) is 4.98 Å². The minimum absolute atomic E-state index is 0.101. The molecule has 0 aliphatic rings. The number of fused-ring (bicyclic) bond motifs is 1. The van der Waals surface area contributed by atoms with Crippen LogP contribution in [0, 0.1) is 5.92 Å². The monoisotopic (exact) mass is 456 g/mol. The number of nitrogens with zero attached hydrogens (tertiary/aromatic N) is 5. The first-order valence-corrected chi connectivity index (χ1v) is 11.9. The van der Waals surface area contributed by atoms with Crippen LogP contribution in [0.1, 0.15) is 38.1 Å². The van der Waals surface area contributed by atoms with E-state index in [2.05, 4.69) is 48.0 Å². The highest BCUT2D eigenvalue weighted by atomic mass is 16.1. The Hall–Kier alpha value is -3.58. The van der Waals surface area contributed by atoms with E-state index >= 15 is 0 Å². The number of likely N-dealkylation sites (N-methyl/N-ethyl adjacent to an activating group) is 1. The molecule has 1 amide bonds. The maximum absolute atomic E-state index is 13.0. The smallest absolute Gasteiger partial charge is 0.251 e. The molecule has 0 fully saturated rings. The Balaban J connectivity index is 1.58. The number of benzene rings is 1. The van der Waals surface area contributed by atoms with E-state index in [1.165, 1.54) is 0 Å². The van der Waals surface area contributed by atoms with Gasteiger partial charge in [0.05, 0.1) is 23.1 Å².